The maximum atomic E-state index is 12.9. The van der Waals surface area contributed by atoms with Gasteiger partial charge in [-0.25, -0.2) is 4.39 Å². The van der Waals surface area contributed by atoms with E-state index in [1.807, 2.05) is 6.07 Å². The van der Waals surface area contributed by atoms with E-state index in [-0.39, 0.29) is 5.02 Å². The fourth-order valence-electron chi connectivity index (χ4n) is 1.37. The van der Waals surface area contributed by atoms with E-state index in [2.05, 4.69) is 5.32 Å². The molecule has 0 saturated carbocycles. The molecule has 0 radical (unpaired) electrons. The van der Waals surface area contributed by atoms with Crippen molar-refractivity contribution in [2.75, 3.05) is 5.32 Å². The van der Waals surface area contributed by atoms with Gasteiger partial charge in [0.25, 0.3) is 0 Å². The van der Waals surface area contributed by atoms with Crippen LogP contribution in [-0.4, -0.2) is 0 Å². The summed E-state index contributed by atoms with van der Waals surface area (Å²) in [5.74, 6) is -0.447. The zero-order valence-corrected chi connectivity index (χ0v) is 9.50. The van der Waals surface area contributed by atoms with Gasteiger partial charge in [0.1, 0.15) is 5.82 Å². The number of benzene rings is 2. The van der Waals surface area contributed by atoms with E-state index in [0.29, 0.717) is 11.3 Å². The molecule has 0 aromatic heterocycles. The standard InChI is InChI=1S/C13H8ClFN2/c14-12-7-11(5-6-13(12)15)17-10-3-1-9(8-16)2-4-10/h1-7,17H. The van der Waals surface area contributed by atoms with Crippen molar-refractivity contribution in [2.24, 2.45) is 0 Å². The van der Waals surface area contributed by atoms with Crippen molar-refractivity contribution in [3.63, 3.8) is 0 Å². The molecule has 2 nitrogen and oxygen atoms in total. The molecule has 0 atom stereocenters. The number of hydrogen-bond acceptors (Lipinski definition) is 2. The second-order valence-electron chi connectivity index (χ2n) is 3.44. The Hall–Kier alpha value is -2.05. The van der Waals surface area contributed by atoms with Gasteiger partial charge in [-0.05, 0) is 42.5 Å². The lowest BCUT2D eigenvalue weighted by Crippen LogP contribution is -1.90. The number of halogens is 2. The van der Waals surface area contributed by atoms with Gasteiger partial charge in [-0.15, -0.1) is 0 Å². The first-order chi connectivity index (χ1) is 8.19. The topological polar surface area (TPSA) is 35.8 Å². The second-order valence-corrected chi connectivity index (χ2v) is 3.85. The summed E-state index contributed by atoms with van der Waals surface area (Å²) in [5, 5.41) is 11.8. The lowest BCUT2D eigenvalue weighted by Gasteiger charge is -2.06. The zero-order chi connectivity index (χ0) is 12.3. The molecular weight excluding hydrogens is 239 g/mol. The predicted octanol–water partition coefficient (Wildman–Crippen LogP) is 4.09. The zero-order valence-electron chi connectivity index (χ0n) is 8.74. The Kier molecular flexibility index (Phi) is 3.27. The van der Waals surface area contributed by atoms with Crippen molar-refractivity contribution < 1.29 is 4.39 Å². The molecule has 0 unspecified atom stereocenters. The average molecular weight is 247 g/mol. The van der Waals surface area contributed by atoms with E-state index in [1.54, 1.807) is 30.3 Å². The Morgan fingerprint density at radius 3 is 2.29 bits per heavy atom. The SMILES string of the molecule is N#Cc1ccc(Nc2ccc(F)c(Cl)c2)cc1. The van der Waals surface area contributed by atoms with Crippen molar-refractivity contribution in [2.45, 2.75) is 0 Å². The van der Waals surface area contributed by atoms with Crippen molar-refractivity contribution in [1.29, 1.82) is 5.26 Å². The van der Waals surface area contributed by atoms with Gasteiger partial charge in [-0.3, -0.25) is 0 Å². The predicted molar refractivity (Wildman–Crippen MR) is 65.8 cm³/mol. The third-order valence-corrected chi connectivity index (χ3v) is 2.51. The lowest BCUT2D eigenvalue weighted by molar-refractivity contribution is 0.628. The first-order valence-corrected chi connectivity index (χ1v) is 5.29. The van der Waals surface area contributed by atoms with Crippen LogP contribution in [0.4, 0.5) is 15.8 Å². The van der Waals surface area contributed by atoms with Crippen LogP contribution in [0.3, 0.4) is 0 Å². The third-order valence-electron chi connectivity index (χ3n) is 2.22. The molecule has 4 heteroatoms. The third kappa shape index (κ3) is 2.74. The van der Waals surface area contributed by atoms with Crippen LogP contribution in [0.1, 0.15) is 5.56 Å². The summed E-state index contributed by atoms with van der Waals surface area (Å²) >= 11 is 5.67. The summed E-state index contributed by atoms with van der Waals surface area (Å²) in [6.45, 7) is 0. The van der Waals surface area contributed by atoms with E-state index in [1.165, 1.54) is 12.1 Å². The molecule has 1 N–H and O–H groups in total. The molecule has 0 aliphatic carbocycles. The van der Waals surface area contributed by atoms with Crippen LogP contribution >= 0.6 is 11.6 Å². The van der Waals surface area contributed by atoms with Crippen LogP contribution in [0.2, 0.25) is 5.02 Å². The van der Waals surface area contributed by atoms with Crippen LogP contribution < -0.4 is 5.32 Å². The van der Waals surface area contributed by atoms with Gasteiger partial charge >= 0.3 is 0 Å². The molecular formula is C13H8ClFN2. The minimum absolute atomic E-state index is 0.0728. The average Bonchev–Trinajstić information content (AvgIpc) is 2.35. The van der Waals surface area contributed by atoms with E-state index < -0.39 is 5.82 Å². The van der Waals surface area contributed by atoms with Crippen LogP contribution in [0.15, 0.2) is 42.5 Å². The Balaban J connectivity index is 2.20. The molecule has 0 aliphatic heterocycles. The molecule has 2 aromatic rings. The lowest BCUT2D eigenvalue weighted by atomic mass is 10.2. The highest BCUT2D eigenvalue weighted by atomic mass is 35.5. The van der Waals surface area contributed by atoms with E-state index in [9.17, 15) is 4.39 Å². The van der Waals surface area contributed by atoms with E-state index >= 15 is 0 Å². The molecule has 0 amide bonds. The van der Waals surface area contributed by atoms with Crippen LogP contribution in [0, 0.1) is 17.1 Å². The van der Waals surface area contributed by atoms with Gasteiger partial charge in [0.15, 0.2) is 0 Å². The Morgan fingerprint density at radius 2 is 1.71 bits per heavy atom. The minimum atomic E-state index is -0.447. The van der Waals surface area contributed by atoms with E-state index in [4.69, 9.17) is 16.9 Å². The molecule has 0 heterocycles. The first-order valence-electron chi connectivity index (χ1n) is 4.91. The van der Waals surface area contributed by atoms with Crippen LogP contribution in [-0.2, 0) is 0 Å². The van der Waals surface area contributed by atoms with Crippen LogP contribution in [0.25, 0.3) is 0 Å². The van der Waals surface area contributed by atoms with Gasteiger partial charge in [0.05, 0.1) is 16.7 Å². The minimum Gasteiger partial charge on any atom is -0.355 e. The number of rotatable bonds is 2. The van der Waals surface area contributed by atoms with Crippen molar-refractivity contribution in [3.8, 4) is 6.07 Å². The summed E-state index contributed by atoms with van der Waals surface area (Å²) in [4.78, 5) is 0. The van der Waals surface area contributed by atoms with Crippen molar-refractivity contribution in [3.05, 3.63) is 58.9 Å². The Labute approximate surface area is 103 Å². The number of nitrogens with zero attached hydrogens (tertiary/aromatic N) is 1. The Bertz CT molecular complexity index is 573. The number of nitriles is 1. The number of nitrogens with one attached hydrogen (secondary N) is 1. The molecule has 2 aromatic carbocycles. The molecule has 0 saturated heterocycles. The second kappa shape index (κ2) is 4.86. The summed E-state index contributed by atoms with van der Waals surface area (Å²) in [6, 6.07) is 13.4. The molecule has 84 valence electrons. The summed E-state index contributed by atoms with van der Waals surface area (Å²) in [5.41, 5.74) is 2.10. The smallest absolute Gasteiger partial charge is 0.141 e. The molecule has 0 spiro atoms. The molecule has 0 bridgehead atoms. The molecule has 17 heavy (non-hydrogen) atoms. The molecule has 2 rings (SSSR count). The fraction of sp³-hybridized carbons (Fsp3) is 0. The molecule has 0 aliphatic rings. The van der Waals surface area contributed by atoms with Gasteiger partial charge < -0.3 is 5.32 Å². The summed E-state index contributed by atoms with van der Waals surface area (Å²) in [7, 11) is 0. The summed E-state index contributed by atoms with van der Waals surface area (Å²) < 4.78 is 12.9. The van der Waals surface area contributed by atoms with Crippen LogP contribution in [0.5, 0.6) is 0 Å². The quantitative estimate of drug-likeness (QED) is 0.866. The van der Waals surface area contributed by atoms with Gasteiger partial charge in [-0.2, -0.15) is 5.26 Å². The normalized spacial score (nSPS) is 9.71. The maximum absolute atomic E-state index is 12.9. The van der Waals surface area contributed by atoms with Crippen molar-refractivity contribution >= 4 is 23.0 Å². The number of hydrogen-bond donors (Lipinski definition) is 1. The van der Waals surface area contributed by atoms with Crippen molar-refractivity contribution in [1.82, 2.24) is 0 Å². The first kappa shape index (κ1) is 11.4. The highest BCUT2D eigenvalue weighted by molar-refractivity contribution is 6.31. The highest BCUT2D eigenvalue weighted by Crippen LogP contribution is 2.22. The van der Waals surface area contributed by atoms with Gasteiger partial charge in [0, 0.05) is 11.4 Å². The van der Waals surface area contributed by atoms with E-state index in [0.717, 1.165) is 5.69 Å². The summed E-state index contributed by atoms with van der Waals surface area (Å²) in [6.07, 6.45) is 0. The van der Waals surface area contributed by atoms with Gasteiger partial charge in [0.2, 0.25) is 0 Å². The maximum Gasteiger partial charge on any atom is 0.141 e. The van der Waals surface area contributed by atoms with Gasteiger partial charge in [-0.1, -0.05) is 11.6 Å². The Morgan fingerprint density at radius 1 is 1.06 bits per heavy atom. The fourth-order valence-corrected chi connectivity index (χ4v) is 1.55. The largest absolute Gasteiger partial charge is 0.355 e. The monoisotopic (exact) mass is 246 g/mol. The molecule has 0 fully saturated rings. The highest BCUT2D eigenvalue weighted by Gasteiger charge is 2.01. The number of anilines is 2.